The Hall–Kier alpha value is -0.970. The largest absolute Gasteiger partial charge is 1.00 e. The van der Waals surface area contributed by atoms with E-state index < -0.39 is 0 Å². The van der Waals surface area contributed by atoms with Gasteiger partial charge in [-0.15, -0.1) is 0 Å². The van der Waals surface area contributed by atoms with E-state index in [0.717, 1.165) is 31.1 Å². The van der Waals surface area contributed by atoms with Gasteiger partial charge in [-0.05, 0) is 38.5 Å². The maximum absolute atomic E-state index is 12.6. The lowest BCUT2D eigenvalue weighted by Crippen LogP contribution is -3.12. The van der Waals surface area contributed by atoms with Crippen LogP contribution in [-0.2, 0) is 4.79 Å². The Bertz CT molecular complexity index is 507. The zero-order valence-electron chi connectivity index (χ0n) is 13.4. The Morgan fingerprint density at radius 2 is 1.95 bits per heavy atom. The summed E-state index contributed by atoms with van der Waals surface area (Å²) in [7, 11) is 0. The van der Waals surface area contributed by atoms with Crippen LogP contribution in [0.4, 0.5) is 5.69 Å². The van der Waals surface area contributed by atoms with Crippen LogP contribution in [0, 0.1) is 0 Å². The van der Waals surface area contributed by atoms with E-state index in [4.69, 9.17) is 16.3 Å². The second-order valence-electron chi connectivity index (χ2n) is 5.32. The topological polar surface area (TPSA) is 34.0 Å². The van der Waals surface area contributed by atoms with Gasteiger partial charge in [0.15, 0.2) is 6.10 Å². The molecular weight excluding hydrogens is 323 g/mol. The smallest absolute Gasteiger partial charge is 0.268 e. The molecule has 22 heavy (non-hydrogen) atoms. The molecular formula is C16H24Cl2N2O2. The van der Waals surface area contributed by atoms with Crippen molar-refractivity contribution < 1.29 is 26.8 Å². The SMILES string of the molecule is CCC1Oc2ccc(Cl)cc2N(CC[NH+](CC)CC)C1=O.[Cl-]. The van der Waals surface area contributed by atoms with Crippen LogP contribution < -0.4 is 26.9 Å². The van der Waals surface area contributed by atoms with E-state index in [1.54, 1.807) is 6.07 Å². The first-order chi connectivity index (χ1) is 10.1. The summed E-state index contributed by atoms with van der Waals surface area (Å²) in [5.74, 6) is 0.791. The summed E-state index contributed by atoms with van der Waals surface area (Å²) in [6.07, 6.45) is 0.292. The lowest BCUT2D eigenvalue weighted by atomic mass is 10.1. The number of quaternary nitrogens is 1. The highest BCUT2D eigenvalue weighted by molar-refractivity contribution is 6.31. The molecule has 1 amide bonds. The number of anilines is 1. The van der Waals surface area contributed by atoms with Crippen molar-refractivity contribution >= 4 is 23.2 Å². The van der Waals surface area contributed by atoms with Crippen molar-refractivity contribution in [3.8, 4) is 5.75 Å². The van der Waals surface area contributed by atoms with Gasteiger partial charge in [0, 0.05) is 5.02 Å². The minimum absolute atomic E-state index is 0. The number of likely N-dealkylation sites (N-methyl/N-ethyl adjacent to an activating group) is 1. The Kier molecular flexibility index (Phi) is 7.46. The number of carbonyl (C=O) groups is 1. The van der Waals surface area contributed by atoms with Gasteiger partial charge in [0.05, 0.1) is 31.9 Å². The molecule has 0 spiro atoms. The van der Waals surface area contributed by atoms with Gasteiger partial charge >= 0.3 is 0 Å². The third kappa shape index (κ3) is 4.06. The molecule has 4 nitrogen and oxygen atoms in total. The number of rotatable bonds is 6. The third-order valence-electron chi connectivity index (χ3n) is 4.08. The number of amides is 1. The number of hydrogen-bond acceptors (Lipinski definition) is 2. The normalized spacial score (nSPS) is 17.0. The molecule has 0 radical (unpaired) electrons. The summed E-state index contributed by atoms with van der Waals surface area (Å²) < 4.78 is 5.78. The van der Waals surface area contributed by atoms with E-state index in [2.05, 4.69) is 13.8 Å². The zero-order chi connectivity index (χ0) is 15.4. The van der Waals surface area contributed by atoms with E-state index in [9.17, 15) is 4.79 Å². The first-order valence-electron chi connectivity index (χ1n) is 7.71. The van der Waals surface area contributed by atoms with Crippen molar-refractivity contribution in [1.29, 1.82) is 0 Å². The lowest BCUT2D eigenvalue weighted by Gasteiger charge is -2.34. The standard InChI is InChI=1S/C16H23ClN2O2.ClH/c1-4-14-16(20)19(10-9-18(5-2)6-3)13-11-12(17)7-8-15(13)21-14;/h7-8,11,14H,4-6,9-10H2,1-3H3;1H. The lowest BCUT2D eigenvalue weighted by molar-refractivity contribution is -0.894. The van der Waals surface area contributed by atoms with Gasteiger partial charge in [-0.25, -0.2) is 0 Å². The van der Waals surface area contributed by atoms with Crippen molar-refractivity contribution in [2.75, 3.05) is 31.1 Å². The minimum Gasteiger partial charge on any atom is -1.00 e. The maximum Gasteiger partial charge on any atom is 0.268 e. The molecule has 124 valence electrons. The van der Waals surface area contributed by atoms with Crippen molar-refractivity contribution in [1.82, 2.24) is 0 Å². The van der Waals surface area contributed by atoms with Crippen LogP contribution in [0.1, 0.15) is 27.2 Å². The molecule has 6 heteroatoms. The van der Waals surface area contributed by atoms with Crippen molar-refractivity contribution in [3.63, 3.8) is 0 Å². The molecule has 1 unspecified atom stereocenters. The van der Waals surface area contributed by atoms with E-state index in [1.165, 1.54) is 4.90 Å². The molecule has 0 aromatic heterocycles. The fraction of sp³-hybridized carbons (Fsp3) is 0.562. The fourth-order valence-electron chi connectivity index (χ4n) is 2.66. The molecule has 0 saturated carbocycles. The van der Waals surface area contributed by atoms with Crippen molar-refractivity contribution in [3.05, 3.63) is 23.2 Å². The number of ether oxygens (including phenoxy) is 1. The predicted molar refractivity (Wildman–Crippen MR) is 85.4 cm³/mol. The van der Waals surface area contributed by atoms with Crippen LogP contribution in [0.25, 0.3) is 0 Å². The van der Waals surface area contributed by atoms with Gasteiger partial charge in [0.2, 0.25) is 0 Å². The van der Waals surface area contributed by atoms with Crippen molar-refractivity contribution in [2.45, 2.75) is 33.3 Å². The van der Waals surface area contributed by atoms with Crippen molar-refractivity contribution in [2.24, 2.45) is 0 Å². The fourth-order valence-corrected chi connectivity index (χ4v) is 2.83. The second kappa shape index (κ2) is 8.61. The summed E-state index contributed by atoms with van der Waals surface area (Å²) in [6.45, 7) is 10.1. The Labute approximate surface area is 143 Å². The van der Waals surface area contributed by atoms with Crippen LogP contribution >= 0.6 is 11.6 Å². The molecule has 0 fully saturated rings. The zero-order valence-corrected chi connectivity index (χ0v) is 14.9. The second-order valence-corrected chi connectivity index (χ2v) is 5.76. The molecule has 1 aliphatic rings. The first-order valence-corrected chi connectivity index (χ1v) is 8.09. The number of carbonyl (C=O) groups excluding carboxylic acids is 1. The maximum atomic E-state index is 12.6. The highest BCUT2D eigenvalue weighted by Gasteiger charge is 2.33. The van der Waals surface area contributed by atoms with Gasteiger partial charge in [0.25, 0.3) is 5.91 Å². The van der Waals surface area contributed by atoms with Gasteiger partial charge in [-0.3, -0.25) is 4.79 Å². The van der Waals surface area contributed by atoms with E-state index in [-0.39, 0.29) is 24.4 Å². The van der Waals surface area contributed by atoms with Crippen LogP contribution in [0.2, 0.25) is 5.02 Å². The monoisotopic (exact) mass is 346 g/mol. The highest BCUT2D eigenvalue weighted by atomic mass is 35.5. The molecule has 1 heterocycles. The van der Waals surface area contributed by atoms with Gasteiger partial charge in [0.1, 0.15) is 5.75 Å². The first kappa shape index (κ1) is 19.1. The predicted octanol–water partition coefficient (Wildman–Crippen LogP) is -1.23. The molecule has 1 N–H and O–H groups in total. The molecule has 1 aromatic carbocycles. The summed E-state index contributed by atoms with van der Waals surface area (Å²) in [5, 5.41) is 0.625. The molecule has 1 aromatic rings. The van der Waals surface area contributed by atoms with Gasteiger partial charge < -0.3 is 26.9 Å². The molecule has 0 saturated heterocycles. The number of fused-ring (bicyclic) bond motifs is 1. The van der Waals surface area contributed by atoms with Crippen LogP contribution in [0.5, 0.6) is 5.75 Å². The Morgan fingerprint density at radius 3 is 2.55 bits per heavy atom. The molecule has 1 atom stereocenters. The van der Waals surface area contributed by atoms with E-state index in [0.29, 0.717) is 18.0 Å². The average Bonchev–Trinajstić information content (AvgIpc) is 2.49. The van der Waals surface area contributed by atoms with Gasteiger partial charge in [-0.2, -0.15) is 0 Å². The highest BCUT2D eigenvalue weighted by Crippen LogP contribution is 2.36. The number of halogens is 2. The summed E-state index contributed by atoms with van der Waals surface area (Å²) >= 11 is 6.08. The van der Waals surface area contributed by atoms with Crippen LogP contribution in [-0.4, -0.2) is 38.2 Å². The molecule has 0 bridgehead atoms. The Balaban J connectivity index is 0.00000242. The Morgan fingerprint density at radius 1 is 1.27 bits per heavy atom. The third-order valence-corrected chi connectivity index (χ3v) is 4.32. The molecule has 1 aliphatic heterocycles. The summed E-state index contributed by atoms with van der Waals surface area (Å²) in [5.41, 5.74) is 0.795. The summed E-state index contributed by atoms with van der Waals surface area (Å²) in [4.78, 5) is 15.9. The quantitative estimate of drug-likeness (QED) is 0.700. The molecule has 0 aliphatic carbocycles. The average molecular weight is 347 g/mol. The summed E-state index contributed by atoms with van der Waals surface area (Å²) in [6, 6.07) is 5.47. The number of benzene rings is 1. The molecule has 2 rings (SSSR count). The minimum atomic E-state index is -0.384. The van der Waals surface area contributed by atoms with Gasteiger partial charge in [-0.1, -0.05) is 18.5 Å². The number of nitrogens with one attached hydrogen (secondary N) is 1. The van der Waals surface area contributed by atoms with Crippen LogP contribution in [0.3, 0.4) is 0 Å². The van der Waals surface area contributed by atoms with Crippen LogP contribution in [0.15, 0.2) is 18.2 Å². The van der Waals surface area contributed by atoms with E-state index >= 15 is 0 Å². The van der Waals surface area contributed by atoms with E-state index in [1.807, 2.05) is 24.0 Å². The number of nitrogens with zero attached hydrogens (tertiary/aromatic N) is 1. The number of hydrogen-bond donors (Lipinski definition) is 1.